The van der Waals surface area contributed by atoms with E-state index in [1.165, 1.54) is 21.1 Å². The molecule has 0 amide bonds. The highest BCUT2D eigenvalue weighted by molar-refractivity contribution is 6.06. The van der Waals surface area contributed by atoms with Crippen molar-refractivity contribution in [2.75, 3.05) is 27.6 Å². The van der Waals surface area contributed by atoms with Crippen molar-refractivity contribution < 1.29 is 52.6 Å². The third kappa shape index (κ3) is 4.47. The van der Waals surface area contributed by atoms with Gasteiger partial charge in [-0.3, -0.25) is 4.79 Å². The van der Waals surface area contributed by atoms with Gasteiger partial charge < -0.3 is 38.3 Å². The highest BCUT2D eigenvalue weighted by Gasteiger charge is 2.67. The van der Waals surface area contributed by atoms with Crippen LogP contribution in [-0.2, 0) is 34.0 Å². The molecule has 0 unspecified atom stereocenters. The topological polar surface area (TPSA) is 136 Å². The molecule has 6 atom stereocenters. The quantitative estimate of drug-likeness (QED) is 0.365. The van der Waals surface area contributed by atoms with E-state index in [1.54, 1.807) is 63.2 Å². The summed E-state index contributed by atoms with van der Waals surface area (Å²) in [5, 5.41) is 12.6. The molecule has 238 valence electrons. The maximum atomic E-state index is 14.8. The van der Waals surface area contributed by atoms with Crippen LogP contribution in [0.5, 0.6) is 17.2 Å². The number of aliphatic hydroxyl groups is 1. The van der Waals surface area contributed by atoms with Crippen molar-refractivity contribution in [2.45, 2.75) is 57.3 Å². The molecule has 2 aromatic carbocycles. The lowest BCUT2D eigenvalue weighted by atomic mass is 9.55. The van der Waals surface area contributed by atoms with Crippen LogP contribution in [0.15, 0.2) is 59.6 Å². The molecule has 0 saturated heterocycles. The lowest BCUT2D eigenvalue weighted by Gasteiger charge is -2.51. The number of benzene rings is 2. The monoisotopic (exact) mass is 620 g/mol. The Morgan fingerprint density at radius 1 is 1.04 bits per heavy atom. The van der Waals surface area contributed by atoms with Crippen LogP contribution in [0.4, 0.5) is 0 Å². The van der Waals surface area contributed by atoms with Crippen LogP contribution in [-0.4, -0.2) is 62.2 Å². The first-order valence-electron chi connectivity index (χ1n) is 14.8. The zero-order valence-corrected chi connectivity index (χ0v) is 26.0. The molecule has 45 heavy (non-hydrogen) atoms. The van der Waals surface area contributed by atoms with E-state index in [0.29, 0.717) is 28.2 Å². The molecule has 0 radical (unpaired) electrons. The largest absolute Gasteiger partial charge is 0.497 e. The Labute approximate surface area is 260 Å². The van der Waals surface area contributed by atoms with E-state index in [4.69, 9.17) is 33.2 Å². The predicted octanol–water partition coefficient (Wildman–Crippen LogP) is 4.32. The molecule has 1 spiro atoms. The Balaban J connectivity index is 1.65. The van der Waals surface area contributed by atoms with Crippen LogP contribution >= 0.6 is 0 Å². The van der Waals surface area contributed by atoms with Gasteiger partial charge in [0.25, 0.3) is 0 Å². The summed E-state index contributed by atoms with van der Waals surface area (Å²) in [5.74, 6) is -2.44. The van der Waals surface area contributed by atoms with Gasteiger partial charge >= 0.3 is 11.9 Å². The van der Waals surface area contributed by atoms with Gasteiger partial charge in [-0.15, -0.1) is 0 Å². The number of esters is 2. The molecule has 6 rings (SSSR count). The molecule has 2 aliphatic heterocycles. The number of ketones is 1. The third-order valence-electron chi connectivity index (χ3n) is 9.75. The number of carbonyl (C=O) groups excluding carboxylic acids is 3. The Morgan fingerprint density at radius 3 is 2.44 bits per heavy atom. The first-order chi connectivity index (χ1) is 21.5. The number of allylic oxidation sites excluding steroid dienone is 3. The minimum atomic E-state index is -1.86. The minimum absolute atomic E-state index is 0.0199. The molecule has 0 bridgehead atoms. The van der Waals surface area contributed by atoms with Gasteiger partial charge in [-0.2, -0.15) is 0 Å². The van der Waals surface area contributed by atoms with Gasteiger partial charge in [-0.1, -0.05) is 31.2 Å². The number of ether oxygens (including phenoxy) is 7. The maximum Gasteiger partial charge on any atom is 0.338 e. The average Bonchev–Trinajstić information content (AvgIpc) is 3.68. The van der Waals surface area contributed by atoms with Crippen LogP contribution < -0.4 is 14.2 Å². The lowest BCUT2D eigenvalue weighted by Crippen LogP contribution is -2.63. The highest BCUT2D eigenvalue weighted by Crippen LogP contribution is 2.63. The molecule has 0 aromatic heterocycles. The summed E-state index contributed by atoms with van der Waals surface area (Å²) in [6.07, 6.45) is -0.769. The van der Waals surface area contributed by atoms with E-state index >= 15 is 0 Å². The summed E-state index contributed by atoms with van der Waals surface area (Å²) in [6.45, 7) is 6.30. The summed E-state index contributed by atoms with van der Waals surface area (Å²) in [6, 6.07) is 10.1. The molecule has 0 saturated carbocycles. The Hall–Kier alpha value is -4.51. The Morgan fingerprint density at radius 2 is 1.78 bits per heavy atom. The number of Topliss-reactive ketones (excluding diaryl/α,β-unsaturated/α-hetero) is 1. The zero-order chi connectivity index (χ0) is 32.3. The number of hydrogen-bond acceptors (Lipinski definition) is 11. The fourth-order valence-corrected chi connectivity index (χ4v) is 6.99. The fraction of sp³-hybridized carbons (Fsp3) is 0.441. The molecular weight excluding hydrogens is 584 g/mol. The van der Waals surface area contributed by atoms with E-state index in [-0.39, 0.29) is 42.7 Å². The summed E-state index contributed by atoms with van der Waals surface area (Å²) >= 11 is 0. The number of methoxy groups -OCH3 is 2. The number of fused-ring (bicyclic) bond motifs is 2. The third-order valence-corrected chi connectivity index (χ3v) is 9.75. The lowest BCUT2D eigenvalue weighted by molar-refractivity contribution is -0.181. The minimum Gasteiger partial charge on any atom is -0.497 e. The van der Waals surface area contributed by atoms with Crippen molar-refractivity contribution in [3.8, 4) is 17.2 Å². The van der Waals surface area contributed by atoms with Gasteiger partial charge in [0.1, 0.15) is 35.6 Å². The molecular formula is C34H36O11. The second kappa shape index (κ2) is 11.1. The van der Waals surface area contributed by atoms with Crippen LogP contribution in [0.2, 0.25) is 0 Å². The van der Waals surface area contributed by atoms with Crippen molar-refractivity contribution >= 4 is 17.7 Å². The first-order valence-corrected chi connectivity index (χ1v) is 14.8. The Kier molecular flexibility index (Phi) is 7.55. The zero-order valence-electron chi connectivity index (χ0n) is 26.0. The molecule has 0 fully saturated rings. The number of hydrogen-bond donors (Lipinski definition) is 1. The van der Waals surface area contributed by atoms with Crippen LogP contribution in [0.3, 0.4) is 0 Å². The van der Waals surface area contributed by atoms with Crippen molar-refractivity contribution in [3.63, 3.8) is 0 Å². The van der Waals surface area contributed by atoms with Gasteiger partial charge in [0.15, 0.2) is 11.5 Å². The normalized spacial score (nSPS) is 29.9. The molecule has 4 aliphatic rings. The first kappa shape index (κ1) is 30.5. The summed E-state index contributed by atoms with van der Waals surface area (Å²) in [7, 11) is 2.80. The smallest absolute Gasteiger partial charge is 0.338 e. The van der Waals surface area contributed by atoms with Crippen molar-refractivity contribution in [1.29, 1.82) is 0 Å². The SMILES string of the molecule is C/C=C(/C)C(=O)O[C@H]1c2cc3c(c4c2[C@@]2(CO4)C(=O)C(OC)=C(OC)C[C@H]2[C@H](OC(=O)c2ccccc2)[C@@](C)(O)[C@H]1C)OCO3. The molecule has 11 heteroatoms. The summed E-state index contributed by atoms with van der Waals surface area (Å²) in [4.78, 5) is 41.8. The second-order valence-electron chi connectivity index (χ2n) is 12.0. The maximum absolute atomic E-state index is 14.8. The summed E-state index contributed by atoms with van der Waals surface area (Å²) in [5.41, 5.74) is -1.99. The van der Waals surface area contributed by atoms with Gasteiger partial charge in [0.05, 0.1) is 19.8 Å². The second-order valence-corrected chi connectivity index (χ2v) is 12.0. The van der Waals surface area contributed by atoms with E-state index in [1.807, 2.05) is 0 Å². The van der Waals surface area contributed by atoms with E-state index < -0.39 is 52.8 Å². The molecule has 11 nitrogen and oxygen atoms in total. The molecule has 2 aromatic rings. The van der Waals surface area contributed by atoms with Gasteiger partial charge in [-0.05, 0) is 39.0 Å². The summed E-state index contributed by atoms with van der Waals surface area (Å²) < 4.78 is 41.5. The standard InChI is InChI=1S/C34H36O11/c1-7-17(2)31(36)44-25-18(3)33(4,38)30(45-32(37)19-11-9-8-10-12-19)21-14-22(39-5)27(40-6)29(35)34(21)15-41-28-24(34)20(25)13-23-26(28)43-16-42-23/h7-13,18,21,25,30,38H,14-16H2,1-6H3/b17-7-/t18-,21-,25+,30-,33-,34-/m0/s1. The molecule has 2 aliphatic carbocycles. The number of carbonyl (C=O) groups is 3. The molecule has 1 N–H and O–H groups in total. The fourth-order valence-electron chi connectivity index (χ4n) is 6.99. The van der Waals surface area contributed by atoms with Crippen LogP contribution in [0.1, 0.15) is 61.7 Å². The average molecular weight is 621 g/mol. The number of rotatable bonds is 6. The van der Waals surface area contributed by atoms with Crippen molar-refractivity contribution in [2.24, 2.45) is 11.8 Å². The van der Waals surface area contributed by atoms with Gasteiger partial charge in [0.2, 0.25) is 24.1 Å². The van der Waals surface area contributed by atoms with Crippen molar-refractivity contribution in [3.05, 3.63) is 76.3 Å². The molecule has 2 heterocycles. The van der Waals surface area contributed by atoms with Gasteiger partial charge in [0, 0.05) is 35.0 Å². The van der Waals surface area contributed by atoms with E-state index in [2.05, 4.69) is 0 Å². The van der Waals surface area contributed by atoms with Crippen LogP contribution in [0.25, 0.3) is 0 Å². The predicted molar refractivity (Wildman–Crippen MR) is 158 cm³/mol. The Bertz CT molecular complexity index is 1620. The van der Waals surface area contributed by atoms with Crippen molar-refractivity contribution in [1.82, 2.24) is 0 Å². The van der Waals surface area contributed by atoms with E-state index in [9.17, 15) is 19.5 Å². The van der Waals surface area contributed by atoms with Gasteiger partial charge in [-0.25, -0.2) is 9.59 Å². The van der Waals surface area contributed by atoms with E-state index in [0.717, 1.165) is 0 Å². The highest BCUT2D eigenvalue weighted by atomic mass is 16.7. The van der Waals surface area contributed by atoms with Crippen LogP contribution in [0, 0.1) is 11.8 Å².